The van der Waals surface area contributed by atoms with Crippen molar-refractivity contribution in [3.8, 4) is 0 Å². The molecule has 52 heavy (non-hydrogen) atoms. The van der Waals surface area contributed by atoms with Crippen LogP contribution in [0.4, 0.5) is 0 Å². The van der Waals surface area contributed by atoms with Crippen molar-refractivity contribution < 1.29 is 23.6 Å². The van der Waals surface area contributed by atoms with Gasteiger partial charge in [0, 0.05) is 38.8 Å². The lowest BCUT2D eigenvalue weighted by Gasteiger charge is -2.17. The monoisotopic (exact) mass is 729 g/mol. The molecule has 1 aromatic heterocycles. The number of hydrogen-bond acceptors (Lipinski definition) is 4. The molecule has 0 saturated carbocycles. The van der Waals surface area contributed by atoms with Crippen LogP contribution in [-0.2, 0) is 19.1 Å². The van der Waals surface area contributed by atoms with Crippen molar-refractivity contribution in [1.82, 2.24) is 0 Å². The number of carbonyl (C=O) groups is 2. The Bertz CT molecular complexity index is 969. The van der Waals surface area contributed by atoms with E-state index in [9.17, 15) is 9.59 Å². The molecule has 0 bridgehead atoms. The predicted octanol–water partition coefficient (Wildman–Crippen LogP) is 14.4. The molecule has 0 radical (unpaired) electrons. The van der Waals surface area contributed by atoms with Crippen LogP contribution >= 0.6 is 0 Å². The third kappa shape index (κ3) is 27.7. The quantitative estimate of drug-likeness (QED) is 0.0389. The number of esters is 2. The first-order valence-electron chi connectivity index (χ1n) is 22.7. The zero-order valence-electron chi connectivity index (χ0n) is 35.4. The van der Waals surface area contributed by atoms with Crippen LogP contribution in [0.1, 0.15) is 249 Å². The molecule has 0 N–H and O–H groups in total. The largest absolute Gasteiger partial charge is 0.465 e. The fourth-order valence-corrected chi connectivity index (χ4v) is 7.65. The fraction of sp³-hybridized carbons (Fsp3) is 0.851. The Morgan fingerprint density at radius 2 is 0.788 bits per heavy atom. The van der Waals surface area contributed by atoms with Crippen molar-refractivity contribution >= 4 is 11.9 Å². The van der Waals surface area contributed by atoms with Gasteiger partial charge in [-0.25, -0.2) is 0 Å². The molecule has 0 spiro atoms. The molecule has 1 atom stereocenters. The highest BCUT2D eigenvalue weighted by molar-refractivity contribution is 5.69. The zero-order chi connectivity index (χ0) is 37.9. The van der Waals surface area contributed by atoms with Gasteiger partial charge in [-0.15, -0.1) is 0 Å². The van der Waals surface area contributed by atoms with Gasteiger partial charge in [-0.2, -0.15) is 4.57 Å². The summed E-state index contributed by atoms with van der Waals surface area (Å²) in [6, 6.07) is 4.23. The summed E-state index contributed by atoms with van der Waals surface area (Å²) in [6.45, 7) is 11.0. The average molecular weight is 729 g/mol. The van der Waals surface area contributed by atoms with Crippen molar-refractivity contribution in [2.24, 2.45) is 0 Å². The van der Waals surface area contributed by atoms with Gasteiger partial charge in [0.15, 0.2) is 11.4 Å². The SMILES string of the molecule is CCCCCCCCCCCCCCCCCC(=O)OCCC(OC(=O)CCCCCCCCCCCCCCCCC)[n+]1c(C)cc(C)cc1C. The van der Waals surface area contributed by atoms with Crippen LogP contribution in [0.5, 0.6) is 0 Å². The molecule has 0 amide bonds. The Morgan fingerprint density at radius 3 is 1.13 bits per heavy atom. The first-order chi connectivity index (χ1) is 25.4. The van der Waals surface area contributed by atoms with Crippen molar-refractivity contribution in [2.45, 2.75) is 253 Å². The number of rotatable bonds is 37. The molecule has 5 heteroatoms. The van der Waals surface area contributed by atoms with E-state index in [-0.39, 0.29) is 18.5 Å². The molecule has 0 saturated heterocycles. The van der Waals surface area contributed by atoms with Crippen LogP contribution in [0, 0.1) is 20.8 Å². The molecule has 1 heterocycles. The van der Waals surface area contributed by atoms with Gasteiger partial charge < -0.3 is 9.47 Å². The van der Waals surface area contributed by atoms with E-state index in [0.717, 1.165) is 37.1 Å². The molecule has 0 aliphatic carbocycles. The first kappa shape index (κ1) is 48.1. The molecule has 0 aliphatic rings. The van der Waals surface area contributed by atoms with Crippen molar-refractivity contribution in [2.75, 3.05) is 6.61 Å². The summed E-state index contributed by atoms with van der Waals surface area (Å²) >= 11 is 0. The van der Waals surface area contributed by atoms with Crippen LogP contribution in [-0.4, -0.2) is 18.5 Å². The van der Waals surface area contributed by atoms with E-state index in [1.807, 2.05) is 0 Å². The molecular weight excluding hydrogens is 643 g/mol. The van der Waals surface area contributed by atoms with Gasteiger partial charge in [-0.3, -0.25) is 9.59 Å². The topological polar surface area (TPSA) is 56.5 Å². The van der Waals surface area contributed by atoms with Crippen LogP contribution in [0.2, 0.25) is 0 Å². The second-order valence-corrected chi connectivity index (χ2v) is 16.0. The average Bonchev–Trinajstić information content (AvgIpc) is 3.11. The molecule has 1 rings (SSSR count). The molecule has 0 fully saturated rings. The van der Waals surface area contributed by atoms with Gasteiger partial charge in [0.05, 0.1) is 6.42 Å². The molecule has 5 nitrogen and oxygen atoms in total. The third-order valence-corrected chi connectivity index (χ3v) is 10.8. The molecule has 1 aromatic rings. The maximum absolute atomic E-state index is 13.0. The number of aryl methyl sites for hydroxylation is 3. The summed E-state index contributed by atoms with van der Waals surface area (Å²) in [4.78, 5) is 25.5. The second kappa shape index (κ2) is 34.8. The van der Waals surface area contributed by atoms with E-state index >= 15 is 0 Å². The molecule has 0 aromatic carbocycles. The van der Waals surface area contributed by atoms with E-state index < -0.39 is 6.23 Å². The normalized spacial score (nSPS) is 11.9. The maximum atomic E-state index is 13.0. The summed E-state index contributed by atoms with van der Waals surface area (Å²) in [6.07, 6.45) is 40.2. The van der Waals surface area contributed by atoms with E-state index in [1.165, 1.54) is 173 Å². The zero-order valence-corrected chi connectivity index (χ0v) is 35.4. The molecule has 302 valence electrons. The Balaban J connectivity index is 2.22. The highest BCUT2D eigenvalue weighted by Gasteiger charge is 2.28. The highest BCUT2D eigenvalue weighted by atomic mass is 16.6. The second-order valence-electron chi connectivity index (χ2n) is 16.0. The van der Waals surface area contributed by atoms with Crippen LogP contribution in [0.3, 0.4) is 0 Å². The predicted molar refractivity (Wildman–Crippen MR) is 221 cm³/mol. The Morgan fingerprint density at radius 1 is 0.481 bits per heavy atom. The van der Waals surface area contributed by atoms with Crippen LogP contribution in [0.15, 0.2) is 12.1 Å². The minimum atomic E-state index is -0.469. The lowest BCUT2D eigenvalue weighted by Crippen LogP contribution is -2.47. The van der Waals surface area contributed by atoms with Crippen molar-refractivity contribution in [3.05, 3.63) is 29.1 Å². The lowest BCUT2D eigenvalue weighted by atomic mass is 10.0. The smallest absolute Gasteiger partial charge is 0.310 e. The van der Waals surface area contributed by atoms with E-state index in [2.05, 4.69) is 51.3 Å². The number of pyridine rings is 1. The summed E-state index contributed by atoms with van der Waals surface area (Å²) in [5, 5.41) is 0. The Labute approximate surface area is 323 Å². The summed E-state index contributed by atoms with van der Waals surface area (Å²) < 4.78 is 13.8. The maximum Gasteiger partial charge on any atom is 0.310 e. The van der Waals surface area contributed by atoms with Crippen molar-refractivity contribution in [3.63, 3.8) is 0 Å². The lowest BCUT2D eigenvalue weighted by molar-refractivity contribution is -0.767. The van der Waals surface area contributed by atoms with Gasteiger partial charge in [0.1, 0.15) is 6.61 Å². The van der Waals surface area contributed by atoms with Gasteiger partial charge in [-0.05, 0) is 25.3 Å². The van der Waals surface area contributed by atoms with E-state index in [4.69, 9.17) is 9.47 Å². The van der Waals surface area contributed by atoms with Crippen LogP contribution in [0.25, 0.3) is 0 Å². The Kier molecular flexibility index (Phi) is 32.2. The van der Waals surface area contributed by atoms with Gasteiger partial charge in [-0.1, -0.05) is 194 Å². The number of ether oxygens (including phenoxy) is 2. The summed E-state index contributed by atoms with van der Waals surface area (Å²) in [5.74, 6) is -0.296. The number of aromatic nitrogens is 1. The number of nitrogens with zero attached hydrogens (tertiary/aromatic N) is 1. The third-order valence-electron chi connectivity index (χ3n) is 10.8. The standard InChI is InChI=1S/C47H86NO4/c1-6-8-10-12-14-16-18-20-22-24-26-28-30-32-34-36-46(49)51-39-38-45(48-43(4)40-42(3)41-44(48)5)52-47(50)37-35-33-31-29-27-25-23-21-19-17-15-13-11-9-7-2/h40-41,45H,6-39H2,1-5H3/q+1. The summed E-state index contributed by atoms with van der Waals surface area (Å²) in [7, 11) is 0. The van der Waals surface area contributed by atoms with Gasteiger partial charge in [0.2, 0.25) is 0 Å². The number of unbranched alkanes of at least 4 members (excludes halogenated alkanes) is 28. The summed E-state index contributed by atoms with van der Waals surface area (Å²) in [5.41, 5.74) is 3.28. The number of carbonyl (C=O) groups excluding carboxylic acids is 2. The molecule has 0 aliphatic heterocycles. The molecular formula is C47H86NO4+. The van der Waals surface area contributed by atoms with Crippen LogP contribution < -0.4 is 4.57 Å². The number of hydrogen-bond donors (Lipinski definition) is 0. The van der Waals surface area contributed by atoms with E-state index in [1.54, 1.807) is 0 Å². The minimum Gasteiger partial charge on any atom is -0.465 e. The first-order valence-corrected chi connectivity index (χ1v) is 22.7. The van der Waals surface area contributed by atoms with Gasteiger partial charge >= 0.3 is 18.2 Å². The fourth-order valence-electron chi connectivity index (χ4n) is 7.65. The van der Waals surface area contributed by atoms with Crippen molar-refractivity contribution in [1.29, 1.82) is 0 Å². The Hall–Kier alpha value is -1.91. The minimum absolute atomic E-state index is 0.139. The van der Waals surface area contributed by atoms with E-state index in [0.29, 0.717) is 19.3 Å². The highest BCUT2D eigenvalue weighted by Crippen LogP contribution is 2.18. The van der Waals surface area contributed by atoms with Gasteiger partial charge in [0.25, 0.3) is 0 Å². The molecule has 1 unspecified atom stereocenters.